The molecule has 22 heavy (non-hydrogen) atoms. The zero-order valence-corrected chi connectivity index (χ0v) is 16.2. The largest absolute Gasteiger partial charge is 0.543 e. The highest BCUT2D eigenvalue weighted by Crippen LogP contribution is 2.50. The number of fused-ring (bicyclic) bond motifs is 1. The van der Waals surface area contributed by atoms with E-state index in [4.69, 9.17) is 9.16 Å². The van der Waals surface area contributed by atoms with Gasteiger partial charge in [0.2, 0.25) is 0 Å². The van der Waals surface area contributed by atoms with Crippen LogP contribution in [0.25, 0.3) is 0 Å². The number of esters is 1. The zero-order chi connectivity index (χ0) is 16.9. The molecule has 2 rings (SSSR count). The minimum Gasteiger partial charge on any atom is -0.543 e. The maximum atomic E-state index is 11.7. The van der Waals surface area contributed by atoms with Crippen LogP contribution in [0.5, 0.6) is 0 Å². The van der Waals surface area contributed by atoms with Crippen molar-refractivity contribution in [3.8, 4) is 0 Å². The SMILES string of the molecule is CC(C)[Si](OC1=CC(C)(C)[C@@H]2OC(=O)C=C12)(C(C)C)C(C)C. The molecule has 0 aromatic heterocycles. The molecule has 4 heteroatoms. The third-order valence-electron chi connectivity index (χ3n) is 5.25. The minimum atomic E-state index is -2.01. The van der Waals surface area contributed by atoms with E-state index in [1.807, 2.05) is 0 Å². The molecule has 0 saturated heterocycles. The lowest BCUT2D eigenvalue weighted by Gasteiger charge is -2.42. The van der Waals surface area contributed by atoms with Crippen molar-refractivity contribution in [2.75, 3.05) is 0 Å². The lowest BCUT2D eigenvalue weighted by Crippen LogP contribution is -2.47. The predicted octanol–water partition coefficient (Wildman–Crippen LogP) is 4.95. The summed E-state index contributed by atoms with van der Waals surface area (Å²) < 4.78 is 12.3. The lowest BCUT2D eigenvalue weighted by molar-refractivity contribution is -0.141. The topological polar surface area (TPSA) is 35.5 Å². The molecule has 1 aliphatic carbocycles. The molecule has 1 heterocycles. The molecule has 0 radical (unpaired) electrons. The molecule has 124 valence electrons. The van der Waals surface area contributed by atoms with Crippen molar-refractivity contribution < 1.29 is 14.0 Å². The highest BCUT2D eigenvalue weighted by atomic mass is 28.4. The molecule has 0 fully saturated rings. The van der Waals surface area contributed by atoms with E-state index < -0.39 is 8.32 Å². The molecule has 3 nitrogen and oxygen atoms in total. The van der Waals surface area contributed by atoms with Crippen LogP contribution < -0.4 is 0 Å². The molecular weight excluding hydrogens is 292 g/mol. The predicted molar refractivity (Wildman–Crippen MR) is 92.0 cm³/mol. The summed E-state index contributed by atoms with van der Waals surface area (Å²) in [5.41, 5.74) is 2.27. The Balaban J connectivity index is 2.43. The maximum absolute atomic E-state index is 11.7. The van der Waals surface area contributed by atoms with Crippen LogP contribution in [0.3, 0.4) is 0 Å². The fourth-order valence-corrected chi connectivity index (χ4v) is 9.56. The smallest absolute Gasteiger partial charge is 0.331 e. The molecule has 0 N–H and O–H groups in total. The fraction of sp³-hybridized carbons (Fsp3) is 0.722. The van der Waals surface area contributed by atoms with Crippen LogP contribution in [-0.4, -0.2) is 20.4 Å². The first-order valence-corrected chi connectivity index (χ1v) is 10.5. The molecule has 1 atom stereocenters. The Bertz CT molecular complexity index is 505. The average molecular weight is 323 g/mol. The van der Waals surface area contributed by atoms with E-state index in [0.717, 1.165) is 11.3 Å². The van der Waals surface area contributed by atoms with Gasteiger partial charge in [0.25, 0.3) is 8.32 Å². The van der Waals surface area contributed by atoms with E-state index in [9.17, 15) is 4.79 Å². The zero-order valence-electron chi connectivity index (χ0n) is 15.2. The van der Waals surface area contributed by atoms with Crippen LogP contribution in [-0.2, 0) is 14.0 Å². The summed E-state index contributed by atoms with van der Waals surface area (Å²) in [7, 11) is -2.01. The standard InChI is InChI=1S/C18H30O3Si/c1-11(2)22(12(3)4,13(5)6)21-15-10-18(7,8)17-14(15)9-16(19)20-17/h9-13,17H,1-8H3/t17-/m1/s1. The van der Waals surface area contributed by atoms with Gasteiger partial charge in [0.15, 0.2) is 0 Å². The molecular formula is C18H30O3Si. The number of hydrogen-bond donors (Lipinski definition) is 0. The first-order chi connectivity index (χ1) is 10.0. The summed E-state index contributed by atoms with van der Waals surface area (Å²) in [6, 6.07) is 0. The van der Waals surface area contributed by atoms with Gasteiger partial charge < -0.3 is 9.16 Å². The van der Waals surface area contributed by atoms with Crippen molar-refractivity contribution in [1.29, 1.82) is 0 Å². The number of ether oxygens (including phenoxy) is 1. The van der Waals surface area contributed by atoms with E-state index in [0.29, 0.717) is 16.6 Å². The average Bonchev–Trinajstić information content (AvgIpc) is 2.84. The second kappa shape index (κ2) is 5.55. The quantitative estimate of drug-likeness (QED) is 0.530. The molecule has 0 saturated carbocycles. The van der Waals surface area contributed by atoms with Gasteiger partial charge in [-0.3, -0.25) is 0 Å². The maximum Gasteiger partial charge on any atom is 0.331 e. The van der Waals surface area contributed by atoms with Crippen molar-refractivity contribution in [2.24, 2.45) is 5.41 Å². The Morgan fingerprint density at radius 3 is 2.05 bits per heavy atom. The van der Waals surface area contributed by atoms with Gasteiger partial charge in [-0.1, -0.05) is 55.4 Å². The van der Waals surface area contributed by atoms with Crippen LogP contribution in [0.4, 0.5) is 0 Å². The fourth-order valence-electron chi connectivity index (χ4n) is 4.30. The van der Waals surface area contributed by atoms with Gasteiger partial charge in [0.1, 0.15) is 11.9 Å². The van der Waals surface area contributed by atoms with Crippen molar-refractivity contribution in [1.82, 2.24) is 0 Å². The van der Waals surface area contributed by atoms with Crippen molar-refractivity contribution in [3.05, 3.63) is 23.5 Å². The van der Waals surface area contributed by atoms with E-state index in [2.05, 4.69) is 61.5 Å². The first-order valence-electron chi connectivity index (χ1n) is 8.36. The second-order valence-electron chi connectivity index (χ2n) is 8.17. The molecule has 0 aromatic rings. The van der Waals surface area contributed by atoms with Crippen molar-refractivity contribution >= 4 is 14.3 Å². The highest BCUT2D eigenvalue weighted by Gasteiger charge is 2.52. The van der Waals surface area contributed by atoms with E-state index in [1.165, 1.54) is 0 Å². The number of carbonyl (C=O) groups excluding carboxylic acids is 1. The van der Waals surface area contributed by atoms with Crippen LogP contribution in [0.1, 0.15) is 55.4 Å². The summed E-state index contributed by atoms with van der Waals surface area (Å²) in [6.45, 7) is 17.8. The van der Waals surface area contributed by atoms with Crippen molar-refractivity contribution in [3.63, 3.8) is 0 Å². The van der Waals surface area contributed by atoms with E-state index >= 15 is 0 Å². The molecule has 2 aliphatic rings. The Morgan fingerprint density at radius 1 is 1.09 bits per heavy atom. The second-order valence-corrected chi connectivity index (χ2v) is 13.5. The summed E-state index contributed by atoms with van der Waals surface area (Å²) in [4.78, 5) is 11.7. The summed E-state index contributed by atoms with van der Waals surface area (Å²) in [5, 5.41) is 0. The summed E-state index contributed by atoms with van der Waals surface area (Å²) >= 11 is 0. The number of hydrogen-bond acceptors (Lipinski definition) is 3. The Kier molecular flexibility index (Phi) is 4.37. The molecule has 0 amide bonds. The van der Waals surface area contributed by atoms with Gasteiger partial charge in [-0.05, 0) is 22.7 Å². The van der Waals surface area contributed by atoms with Gasteiger partial charge >= 0.3 is 5.97 Å². The monoisotopic (exact) mass is 322 g/mol. The van der Waals surface area contributed by atoms with Gasteiger partial charge in [0.05, 0.1) is 0 Å². The molecule has 0 bridgehead atoms. The highest BCUT2D eigenvalue weighted by molar-refractivity contribution is 6.78. The van der Waals surface area contributed by atoms with Crippen LogP contribution in [0.2, 0.25) is 16.6 Å². The summed E-state index contributed by atoms with van der Waals surface area (Å²) in [5.74, 6) is 0.650. The number of rotatable bonds is 5. The van der Waals surface area contributed by atoms with Gasteiger partial charge in [-0.25, -0.2) is 4.79 Å². The van der Waals surface area contributed by atoms with E-state index in [1.54, 1.807) is 6.08 Å². The molecule has 0 aromatic carbocycles. The third kappa shape index (κ3) is 2.55. The van der Waals surface area contributed by atoms with Crippen LogP contribution in [0, 0.1) is 5.41 Å². The van der Waals surface area contributed by atoms with Crippen LogP contribution in [0.15, 0.2) is 23.5 Å². The lowest BCUT2D eigenvalue weighted by atomic mass is 9.89. The Hall–Kier alpha value is -1.03. The first kappa shape index (κ1) is 17.3. The summed E-state index contributed by atoms with van der Waals surface area (Å²) in [6.07, 6.45) is 3.59. The minimum absolute atomic E-state index is 0.187. The van der Waals surface area contributed by atoms with Crippen molar-refractivity contribution in [2.45, 2.75) is 78.1 Å². The Labute approximate surface area is 135 Å². The molecule has 0 unspecified atom stereocenters. The van der Waals surface area contributed by atoms with Gasteiger partial charge in [0, 0.05) is 17.1 Å². The Morgan fingerprint density at radius 2 is 1.59 bits per heavy atom. The molecule has 0 spiro atoms. The van der Waals surface area contributed by atoms with Gasteiger partial charge in [-0.15, -0.1) is 0 Å². The van der Waals surface area contributed by atoms with Crippen LogP contribution >= 0.6 is 0 Å². The third-order valence-corrected chi connectivity index (χ3v) is 11.2. The normalized spacial score (nSPS) is 23.8. The van der Waals surface area contributed by atoms with E-state index in [-0.39, 0.29) is 17.5 Å². The van der Waals surface area contributed by atoms with Gasteiger partial charge in [-0.2, -0.15) is 0 Å². The number of carbonyl (C=O) groups is 1. The molecule has 1 aliphatic heterocycles.